The van der Waals surface area contributed by atoms with Crippen molar-refractivity contribution in [1.82, 2.24) is 10.3 Å². The second-order valence-corrected chi connectivity index (χ2v) is 5.82. The Kier molecular flexibility index (Phi) is 3.72. The molecule has 5 heteroatoms. The Labute approximate surface area is 118 Å². The number of nitrogens with zero attached hydrogens (tertiary/aromatic N) is 2. The van der Waals surface area contributed by atoms with Gasteiger partial charge in [-0.3, -0.25) is 4.79 Å². The smallest absolute Gasteiger partial charge is 0.289 e. The van der Waals surface area contributed by atoms with Crippen LogP contribution >= 0.6 is 0 Å². The molecule has 1 amide bonds. The third-order valence-corrected chi connectivity index (χ3v) is 4.22. The van der Waals surface area contributed by atoms with Crippen molar-refractivity contribution in [2.45, 2.75) is 56.9 Å². The molecule has 2 aliphatic rings. The van der Waals surface area contributed by atoms with Gasteiger partial charge in [0.2, 0.25) is 5.76 Å². The lowest BCUT2D eigenvalue weighted by molar-refractivity contribution is 0.0899. The summed E-state index contributed by atoms with van der Waals surface area (Å²) in [7, 11) is 0. The first-order valence-corrected chi connectivity index (χ1v) is 7.44. The molecule has 106 valence electrons. The van der Waals surface area contributed by atoms with E-state index in [1.807, 2.05) is 0 Å². The van der Waals surface area contributed by atoms with Crippen molar-refractivity contribution in [3.8, 4) is 6.07 Å². The van der Waals surface area contributed by atoms with E-state index in [2.05, 4.69) is 16.4 Å². The zero-order chi connectivity index (χ0) is 13.9. The molecule has 0 saturated heterocycles. The van der Waals surface area contributed by atoms with E-state index in [4.69, 9.17) is 4.42 Å². The average molecular weight is 273 g/mol. The fraction of sp³-hybridized carbons (Fsp3) is 0.667. The minimum absolute atomic E-state index is 0.225. The number of aromatic nitrogens is 1. The molecule has 2 fully saturated rings. The Balaban J connectivity index is 1.62. The lowest BCUT2D eigenvalue weighted by Gasteiger charge is -2.25. The van der Waals surface area contributed by atoms with Gasteiger partial charge in [0.25, 0.3) is 5.91 Å². The molecule has 1 unspecified atom stereocenters. The van der Waals surface area contributed by atoms with E-state index in [1.165, 1.54) is 12.6 Å². The number of hydrogen-bond donors (Lipinski definition) is 1. The first kappa shape index (κ1) is 13.2. The summed E-state index contributed by atoms with van der Waals surface area (Å²) >= 11 is 0. The Morgan fingerprint density at radius 2 is 2.10 bits per heavy atom. The molecule has 1 heterocycles. The number of hydrogen-bond acceptors (Lipinski definition) is 4. The quantitative estimate of drug-likeness (QED) is 0.914. The maximum absolute atomic E-state index is 12.1. The molecule has 2 saturated carbocycles. The summed E-state index contributed by atoms with van der Waals surface area (Å²) in [5, 5.41) is 12.1. The second kappa shape index (κ2) is 5.66. The van der Waals surface area contributed by atoms with E-state index in [1.54, 1.807) is 0 Å². The SMILES string of the molecule is N#CC(NC(=O)c1cnc(C2CC2)o1)C1CCCCC1. The molecular formula is C15H19N3O2. The van der Waals surface area contributed by atoms with Crippen LogP contribution < -0.4 is 5.32 Å². The highest BCUT2D eigenvalue weighted by molar-refractivity contribution is 5.91. The minimum atomic E-state index is -0.419. The minimum Gasteiger partial charge on any atom is -0.435 e. The number of carbonyl (C=O) groups is 1. The Morgan fingerprint density at radius 1 is 1.35 bits per heavy atom. The van der Waals surface area contributed by atoms with E-state index in [0.29, 0.717) is 11.8 Å². The molecule has 0 aromatic carbocycles. The lowest BCUT2D eigenvalue weighted by atomic mass is 9.84. The van der Waals surface area contributed by atoms with Crippen LogP contribution in [-0.4, -0.2) is 16.9 Å². The van der Waals surface area contributed by atoms with Gasteiger partial charge in [-0.15, -0.1) is 0 Å². The molecule has 5 nitrogen and oxygen atoms in total. The summed E-state index contributed by atoms with van der Waals surface area (Å²) in [6, 6.07) is 1.80. The number of amides is 1. The van der Waals surface area contributed by atoms with E-state index >= 15 is 0 Å². The van der Waals surface area contributed by atoms with Crippen LogP contribution in [0.25, 0.3) is 0 Å². The molecule has 0 aliphatic heterocycles. The van der Waals surface area contributed by atoms with Gasteiger partial charge in [-0.05, 0) is 31.6 Å². The van der Waals surface area contributed by atoms with Gasteiger partial charge in [-0.25, -0.2) is 4.98 Å². The number of nitriles is 1. The van der Waals surface area contributed by atoms with Crippen LogP contribution in [0.1, 0.15) is 67.3 Å². The normalized spacial score (nSPS) is 21.1. The molecule has 0 spiro atoms. The highest BCUT2D eigenvalue weighted by Crippen LogP contribution is 2.39. The van der Waals surface area contributed by atoms with Crippen LogP contribution in [0.4, 0.5) is 0 Å². The van der Waals surface area contributed by atoms with Crippen LogP contribution in [0.2, 0.25) is 0 Å². The maximum Gasteiger partial charge on any atom is 0.289 e. The Bertz CT molecular complexity index is 521. The van der Waals surface area contributed by atoms with Crippen molar-refractivity contribution in [2.75, 3.05) is 0 Å². The van der Waals surface area contributed by atoms with Crippen LogP contribution in [0, 0.1) is 17.2 Å². The summed E-state index contributed by atoms with van der Waals surface area (Å²) in [5.41, 5.74) is 0. The molecule has 1 aromatic heterocycles. The van der Waals surface area contributed by atoms with Gasteiger partial charge < -0.3 is 9.73 Å². The van der Waals surface area contributed by atoms with Crippen LogP contribution in [0.3, 0.4) is 0 Å². The van der Waals surface area contributed by atoms with Gasteiger partial charge in [0.15, 0.2) is 5.89 Å². The zero-order valence-corrected chi connectivity index (χ0v) is 11.5. The monoisotopic (exact) mass is 273 g/mol. The molecule has 20 heavy (non-hydrogen) atoms. The maximum atomic E-state index is 12.1. The van der Waals surface area contributed by atoms with Crippen molar-refractivity contribution in [1.29, 1.82) is 5.26 Å². The Hall–Kier alpha value is -1.83. The summed E-state index contributed by atoms with van der Waals surface area (Å²) < 4.78 is 5.47. The molecular weight excluding hydrogens is 254 g/mol. The highest BCUT2D eigenvalue weighted by atomic mass is 16.4. The van der Waals surface area contributed by atoms with E-state index in [0.717, 1.165) is 38.5 Å². The molecule has 1 aromatic rings. The molecule has 1 atom stereocenters. The van der Waals surface area contributed by atoms with Crippen molar-refractivity contribution < 1.29 is 9.21 Å². The number of nitrogens with one attached hydrogen (secondary N) is 1. The van der Waals surface area contributed by atoms with Crippen molar-refractivity contribution in [3.63, 3.8) is 0 Å². The fourth-order valence-corrected chi connectivity index (χ4v) is 2.85. The largest absolute Gasteiger partial charge is 0.435 e. The van der Waals surface area contributed by atoms with Crippen molar-refractivity contribution in [3.05, 3.63) is 17.8 Å². The van der Waals surface area contributed by atoms with Gasteiger partial charge in [-0.2, -0.15) is 5.26 Å². The molecule has 2 aliphatic carbocycles. The molecule has 0 bridgehead atoms. The second-order valence-electron chi connectivity index (χ2n) is 5.82. The number of rotatable bonds is 4. The first-order valence-electron chi connectivity index (χ1n) is 7.44. The standard InChI is InChI=1S/C15H19N3O2/c16-8-12(10-4-2-1-3-5-10)18-14(19)13-9-17-15(20-13)11-6-7-11/h9-12H,1-7H2,(H,18,19). The first-order chi connectivity index (χ1) is 9.78. The summed E-state index contributed by atoms with van der Waals surface area (Å²) in [5.74, 6) is 1.22. The highest BCUT2D eigenvalue weighted by Gasteiger charge is 2.30. The third-order valence-electron chi connectivity index (χ3n) is 4.22. The van der Waals surface area contributed by atoms with Crippen LogP contribution in [0.5, 0.6) is 0 Å². The zero-order valence-electron chi connectivity index (χ0n) is 11.5. The van der Waals surface area contributed by atoms with E-state index in [9.17, 15) is 10.1 Å². The van der Waals surface area contributed by atoms with E-state index in [-0.39, 0.29) is 17.6 Å². The fourth-order valence-electron chi connectivity index (χ4n) is 2.85. The molecule has 1 N–H and O–H groups in total. The topological polar surface area (TPSA) is 78.9 Å². The van der Waals surface area contributed by atoms with Crippen LogP contribution in [-0.2, 0) is 0 Å². The Morgan fingerprint density at radius 3 is 2.75 bits per heavy atom. The third kappa shape index (κ3) is 2.84. The number of oxazole rings is 1. The van der Waals surface area contributed by atoms with E-state index < -0.39 is 6.04 Å². The van der Waals surface area contributed by atoms with Gasteiger partial charge in [0, 0.05) is 5.92 Å². The van der Waals surface area contributed by atoms with Crippen molar-refractivity contribution >= 4 is 5.91 Å². The molecule has 0 radical (unpaired) electrons. The summed E-state index contributed by atoms with van der Waals surface area (Å²) in [4.78, 5) is 16.3. The van der Waals surface area contributed by atoms with Crippen molar-refractivity contribution in [2.24, 2.45) is 5.92 Å². The molecule has 3 rings (SSSR count). The summed E-state index contributed by atoms with van der Waals surface area (Å²) in [6.45, 7) is 0. The van der Waals surface area contributed by atoms with Gasteiger partial charge in [0.1, 0.15) is 6.04 Å². The van der Waals surface area contributed by atoms with Crippen LogP contribution in [0.15, 0.2) is 10.6 Å². The van der Waals surface area contributed by atoms with Gasteiger partial charge >= 0.3 is 0 Å². The van der Waals surface area contributed by atoms with Gasteiger partial charge in [-0.1, -0.05) is 19.3 Å². The predicted octanol–water partition coefficient (Wildman–Crippen LogP) is 2.75. The summed E-state index contributed by atoms with van der Waals surface area (Å²) in [6.07, 6.45) is 9.20. The average Bonchev–Trinajstić information content (AvgIpc) is 3.22. The van der Waals surface area contributed by atoms with Gasteiger partial charge in [0.05, 0.1) is 12.3 Å². The number of carbonyl (C=O) groups excluding carboxylic acids is 1. The predicted molar refractivity (Wildman–Crippen MR) is 71.9 cm³/mol. The lowest BCUT2D eigenvalue weighted by Crippen LogP contribution is -2.39.